The molecule has 0 spiro atoms. The van der Waals surface area contributed by atoms with Gasteiger partial charge >= 0.3 is 12.1 Å². The zero-order valence-electron chi connectivity index (χ0n) is 53.2. The Hall–Kier alpha value is -7.36. The summed E-state index contributed by atoms with van der Waals surface area (Å²) in [6.07, 6.45) is 3.35. The van der Waals surface area contributed by atoms with Gasteiger partial charge in [-0.2, -0.15) is 0 Å². The topological polar surface area (TPSA) is 243 Å². The molecule has 2 fully saturated rings. The van der Waals surface area contributed by atoms with E-state index in [2.05, 4.69) is 22.5 Å². The van der Waals surface area contributed by atoms with E-state index in [1.165, 1.54) is 35.8 Å². The predicted octanol–water partition coefficient (Wildman–Crippen LogP) is 6.73. The molecule has 7 rings (SSSR count). The Labute approximate surface area is 533 Å². The average molecular weight is 1270 g/mol. The SMILES string of the molecule is COc1cc2cc(c1Cl)N(C)C(=O)C[C@H](OC(=O)[C@H](C)N(C)C(=O)CCCC(=O)N(C)CCOCCOCCOCCOCCC(=O)NCCC(=O)N1Cc3ccccc3C#Cc3ccccc31)[C@]1(C)O[C@H]1[C@H](C)[C@@H]1CC(NC(=O)O1)C(OC)/C=C/C=C(/C)C2. The van der Waals surface area contributed by atoms with Gasteiger partial charge in [-0.15, -0.1) is 0 Å². The average Bonchev–Trinajstić information content (AvgIpc) is 1.58. The van der Waals surface area contributed by atoms with Crippen molar-refractivity contribution in [2.75, 3.05) is 111 Å². The summed E-state index contributed by atoms with van der Waals surface area (Å²) >= 11 is 6.84. The number of epoxide rings is 1. The summed E-state index contributed by atoms with van der Waals surface area (Å²) in [5.74, 6) is 4.26. The van der Waals surface area contributed by atoms with E-state index in [4.69, 9.17) is 54.2 Å². The van der Waals surface area contributed by atoms with Crippen LogP contribution < -0.4 is 25.2 Å². The number of benzene rings is 3. The molecule has 2 saturated heterocycles. The summed E-state index contributed by atoms with van der Waals surface area (Å²) in [6.45, 7) is 10.4. The van der Waals surface area contributed by atoms with E-state index < -0.39 is 66.0 Å². The van der Waals surface area contributed by atoms with Gasteiger partial charge in [-0.05, 0) is 75.1 Å². The number of likely N-dealkylation sites (N-methyl/N-ethyl adjacent to an activating group) is 2. The zero-order chi connectivity index (χ0) is 64.9. The van der Waals surface area contributed by atoms with Gasteiger partial charge in [0.05, 0.1) is 103 Å². The van der Waals surface area contributed by atoms with E-state index in [-0.39, 0.29) is 86.9 Å². The Morgan fingerprint density at radius 1 is 0.856 bits per heavy atom. The van der Waals surface area contributed by atoms with Gasteiger partial charge in [0.15, 0.2) is 0 Å². The number of nitrogens with zero attached hydrogens (tertiary/aromatic N) is 4. The van der Waals surface area contributed by atoms with E-state index in [1.807, 2.05) is 92.7 Å². The third-order valence-electron chi connectivity index (χ3n) is 16.6. The lowest BCUT2D eigenvalue weighted by atomic mass is 9.84. The maximum Gasteiger partial charge on any atom is 0.407 e. The van der Waals surface area contributed by atoms with Gasteiger partial charge in [0, 0.05) is 90.5 Å². The first-order valence-corrected chi connectivity index (χ1v) is 31.0. The zero-order valence-corrected chi connectivity index (χ0v) is 53.9. The number of fused-ring (bicyclic) bond motifs is 7. The number of ether oxygens (including phenoxy) is 9. The van der Waals surface area contributed by atoms with Gasteiger partial charge < -0.3 is 72.9 Å². The number of carbonyl (C=O) groups excluding carboxylic acids is 7. The van der Waals surface area contributed by atoms with Crippen LogP contribution in [0.4, 0.5) is 16.2 Å². The second kappa shape index (κ2) is 34.2. The largest absolute Gasteiger partial charge is 0.495 e. The summed E-state index contributed by atoms with van der Waals surface area (Å²) in [5, 5.41) is 5.92. The molecule has 0 aliphatic carbocycles. The van der Waals surface area contributed by atoms with Crippen LogP contribution in [0.1, 0.15) is 94.9 Å². The minimum Gasteiger partial charge on any atom is -0.495 e. The summed E-state index contributed by atoms with van der Waals surface area (Å²) < 4.78 is 52.2. The van der Waals surface area contributed by atoms with E-state index >= 15 is 0 Å². The molecule has 3 aromatic carbocycles. The summed E-state index contributed by atoms with van der Waals surface area (Å²) in [7, 11) is 7.78. The number of allylic oxidation sites excluding steroid dienone is 3. The van der Waals surface area contributed by atoms with Crippen molar-refractivity contribution < 1.29 is 76.2 Å². The van der Waals surface area contributed by atoms with Crippen molar-refractivity contribution in [3.05, 3.63) is 112 Å². The Balaban J connectivity index is 0.763. The molecular formula is C67H87ClN6O16. The standard InChI is InChI=1S/C67H87ClN6O16/c1-44-16-14-21-54(82-8)51-41-55(88-66(81)70-51)45(2)64-67(4,90-64)57(42-62(79)73(7)53-39-47(38-44)40-56(83-9)63(53)68)89-65(80)46(3)72(6)60(77)23-15-22-59(76)71(5)29-31-85-33-35-87-37-36-86-34-32-84-30-27-58(75)69-28-26-61(78)74-43-50-19-11-10-17-48(50)24-25-49-18-12-13-20-52(49)74/h10-14,16-21,39-40,45-46,51,54-55,57,64H,15,22-23,26-38,41-43H2,1-9H3,(H,69,75)(H,70,81)/b21-14+,44-16-/t45-,46+,51?,54?,55+,57+,64+,67+/m1/s1. The number of nitrogens with one attached hydrogen (secondary N) is 2. The Bertz CT molecular complexity index is 3130. The van der Waals surface area contributed by atoms with Gasteiger partial charge in [0.1, 0.15) is 34.6 Å². The number of halogens is 1. The first-order valence-electron chi connectivity index (χ1n) is 30.6. The molecule has 4 aliphatic rings. The highest BCUT2D eigenvalue weighted by Crippen LogP contribution is 2.49. The van der Waals surface area contributed by atoms with Crippen LogP contribution in [-0.2, 0) is 79.6 Å². The number of alkyl carbamates (subject to hydrolysis) is 1. The number of esters is 1. The van der Waals surface area contributed by atoms with Gasteiger partial charge in [-0.3, -0.25) is 24.0 Å². The van der Waals surface area contributed by atoms with E-state index in [9.17, 15) is 33.6 Å². The fourth-order valence-corrected chi connectivity index (χ4v) is 11.2. The predicted molar refractivity (Wildman–Crippen MR) is 337 cm³/mol. The van der Waals surface area contributed by atoms with Crippen LogP contribution in [0.3, 0.4) is 0 Å². The van der Waals surface area contributed by atoms with Crippen molar-refractivity contribution in [2.24, 2.45) is 5.92 Å². The molecular weight excluding hydrogens is 1180 g/mol. The van der Waals surface area contributed by atoms with Gasteiger partial charge in [0.25, 0.3) is 0 Å². The molecule has 2 unspecified atom stereocenters. The third kappa shape index (κ3) is 19.6. The third-order valence-corrected chi connectivity index (χ3v) is 17.0. The number of hydrogen-bond donors (Lipinski definition) is 2. The molecule has 2 N–H and O–H groups in total. The first kappa shape index (κ1) is 70.1. The number of methoxy groups -OCH3 is 2. The van der Waals surface area contributed by atoms with E-state index in [1.54, 1.807) is 33.0 Å². The molecule has 6 amide bonds. The molecule has 3 aromatic rings. The molecule has 8 atom stereocenters. The fourth-order valence-electron chi connectivity index (χ4n) is 10.9. The molecule has 90 heavy (non-hydrogen) atoms. The molecule has 0 saturated carbocycles. The highest BCUT2D eigenvalue weighted by atomic mass is 35.5. The van der Waals surface area contributed by atoms with Crippen molar-refractivity contribution in [3.63, 3.8) is 0 Å². The number of carbonyl (C=O) groups is 7. The monoisotopic (exact) mass is 1270 g/mol. The molecule has 4 heterocycles. The van der Waals surface area contributed by atoms with Crippen molar-refractivity contribution in [1.29, 1.82) is 0 Å². The quantitative estimate of drug-likeness (QED) is 0.0348. The van der Waals surface area contributed by atoms with Gasteiger partial charge in [-0.25, -0.2) is 9.59 Å². The summed E-state index contributed by atoms with van der Waals surface area (Å²) in [4.78, 5) is 99.8. The highest BCUT2D eigenvalue weighted by Gasteiger charge is 2.64. The molecule has 4 aliphatic heterocycles. The smallest absolute Gasteiger partial charge is 0.407 e. The van der Waals surface area contributed by atoms with Crippen LogP contribution in [-0.4, -0.2) is 195 Å². The lowest BCUT2D eigenvalue weighted by molar-refractivity contribution is -0.162. The maximum atomic E-state index is 14.4. The normalized spacial score (nSPS) is 22.6. The summed E-state index contributed by atoms with van der Waals surface area (Å²) in [6, 6.07) is 17.4. The molecule has 23 heteroatoms. The van der Waals surface area contributed by atoms with Crippen molar-refractivity contribution in [2.45, 2.75) is 128 Å². The Morgan fingerprint density at radius 3 is 2.22 bits per heavy atom. The van der Waals surface area contributed by atoms with Crippen molar-refractivity contribution in [3.8, 4) is 17.6 Å². The molecule has 488 valence electrons. The van der Waals surface area contributed by atoms with Crippen LogP contribution in [0.5, 0.6) is 5.75 Å². The Kier molecular flexibility index (Phi) is 26.6. The first-order chi connectivity index (χ1) is 43.2. The highest BCUT2D eigenvalue weighted by molar-refractivity contribution is 6.35. The summed E-state index contributed by atoms with van der Waals surface area (Å²) in [5.41, 5.74) is 4.35. The van der Waals surface area contributed by atoms with Crippen molar-refractivity contribution in [1.82, 2.24) is 20.4 Å². The number of rotatable bonds is 27. The Morgan fingerprint density at radius 2 is 1.51 bits per heavy atom. The van der Waals surface area contributed by atoms with Crippen LogP contribution in [0, 0.1) is 17.8 Å². The van der Waals surface area contributed by atoms with Crippen LogP contribution in [0.2, 0.25) is 5.02 Å². The minimum absolute atomic E-state index is 0.0198. The lowest BCUT2D eigenvalue weighted by Crippen LogP contribution is -2.53. The van der Waals surface area contributed by atoms with Gasteiger partial charge in [0.2, 0.25) is 29.5 Å². The molecule has 22 nitrogen and oxygen atoms in total. The molecule has 0 radical (unpaired) electrons. The molecule has 4 bridgehead atoms. The fraction of sp³-hybridized carbons (Fsp3) is 0.537. The lowest BCUT2D eigenvalue weighted by Gasteiger charge is -2.36. The van der Waals surface area contributed by atoms with E-state index in [0.29, 0.717) is 77.0 Å². The van der Waals surface area contributed by atoms with Crippen LogP contribution >= 0.6 is 11.6 Å². The van der Waals surface area contributed by atoms with E-state index in [0.717, 1.165) is 33.5 Å². The number of amides is 6. The van der Waals surface area contributed by atoms with Crippen molar-refractivity contribution >= 4 is 64.6 Å². The second-order valence-electron chi connectivity index (χ2n) is 23.1. The maximum absolute atomic E-state index is 14.4. The molecule has 0 aromatic heterocycles. The van der Waals surface area contributed by atoms with Gasteiger partial charge in [-0.1, -0.05) is 84.5 Å². The van der Waals surface area contributed by atoms with Crippen LogP contribution in [0.15, 0.2) is 84.5 Å². The minimum atomic E-state index is -1.21. The second-order valence-corrected chi connectivity index (χ2v) is 23.4. The number of anilines is 2. The van der Waals surface area contributed by atoms with Crippen LogP contribution in [0.25, 0.3) is 0 Å². The number of para-hydroxylation sites is 1. The number of hydrogen-bond acceptors (Lipinski definition) is 16.